The van der Waals surface area contributed by atoms with E-state index in [-0.39, 0.29) is 18.7 Å². The Morgan fingerprint density at radius 2 is 1.80 bits per heavy atom. The van der Waals surface area contributed by atoms with Gasteiger partial charge in [-0.1, -0.05) is 49.4 Å². The largest absolute Gasteiger partial charge is 0.481 e. The maximum atomic E-state index is 11.7. The molecule has 134 valence electrons. The van der Waals surface area contributed by atoms with Gasteiger partial charge < -0.3 is 10.4 Å². The van der Waals surface area contributed by atoms with E-state index >= 15 is 0 Å². The van der Waals surface area contributed by atoms with Crippen molar-refractivity contribution in [2.24, 2.45) is 5.92 Å². The lowest BCUT2D eigenvalue weighted by atomic mass is 9.97. The lowest BCUT2D eigenvalue weighted by molar-refractivity contribution is -0.141. The van der Waals surface area contributed by atoms with Gasteiger partial charge in [0.25, 0.3) is 0 Å². The molecule has 0 radical (unpaired) electrons. The van der Waals surface area contributed by atoms with Crippen molar-refractivity contribution in [3.8, 4) is 0 Å². The van der Waals surface area contributed by atoms with Gasteiger partial charge in [-0.25, -0.2) is 8.42 Å². The number of hydrogen-bond donors (Lipinski definition) is 2. The maximum Gasteiger partial charge on any atom is 0.308 e. The summed E-state index contributed by atoms with van der Waals surface area (Å²) in [6.07, 6.45) is 0.251. The molecule has 0 saturated heterocycles. The first-order valence-electron chi connectivity index (χ1n) is 7.98. The summed E-state index contributed by atoms with van der Waals surface area (Å²) in [6.45, 7) is 1.35. The van der Waals surface area contributed by atoms with E-state index in [1.54, 1.807) is 0 Å². The summed E-state index contributed by atoms with van der Waals surface area (Å²) in [6, 6.07) is 13.5. The first kappa shape index (κ1) is 18.9. The van der Waals surface area contributed by atoms with E-state index in [4.69, 9.17) is 0 Å². The van der Waals surface area contributed by atoms with Crippen LogP contribution in [0.5, 0.6) is 0 Å². The van der Waals surface area contributed by atoms with E-state index < -0.39 is 33.4 Å². The lowest BCUT2D eigenvalue weighted by Crippen LogP contribution is -2.37. The van der Waals surface area contributed by atoms with Crippen molar-refractivity contribution in [2.45, 2.75) is 13.3 Å². The number of fused-ring (bicyclic) bond motifs is 1. The summed E-state index contributed by atoms with van der Waals surface area (Å²) < 4.78 is 22.9. The van der Waals surface area contributed by atoms with Crippen molar-refractivity contribution in [3.05, 3.63) is 48.0 Å². The van der Waals surface area contributed by atoms with Crippen molar-refractivity contribution in [3.63, 3.8) is 0 Å². The second-order valence-corrected chi connectivity index (χ2v) is 8.25. The molecule has 0 spiro atoms. The molecule has 2 aromatic rings. The van der Waals surface area contributed by atoms with Gasteiger partial charge in [0.15, 0.2) is 9.84 Å². The quantitative estimate of drug-likeness (QED) is 0.742. The van der Waals surface area contributed by atoms with E-state index in [0.717, 1.165) is 16.3 Å². The van der Waals surface area contributed by atoms with E-state index in [2.05, 4.69) is 5.32 Å². The molecule has 2 aromatic carbocycles. The zero-order chi connectivity index (χ0) is 18.4. The molecule has 0 fully saturated rings. The highest BCUT2D eigenvalue weighted by Crippen LogP contribution is 2.18. The molecule has 25 heavy (non-hydrogen) atoms. The fraction of sp³-hybridized carbons (Fsp3) is 0.333. The fourth-order valence-corrected chi connectivity index (χ4v) is 3.19. The molecule has 0 saturated carbocycles. The average molecular weight is 363 g/mol. The highest BCUT2D eigenvalue weighted by atomic mass is 32.2. The molecule has 1 atom stereocenters. The number of hydrogen-bond acceptors (Lipinski definition) is 4. The molecule has 7 heteroatoms. The van der Waals surface area contributed by atoms with Crippen LogP contribution in [0.25, 0.3) is 10.8 Å². The summed E-state index contributed by atoms with van der Waals surface area (Å²) in [4.78, 5) is 23.1. The lowest BCUT2D eigenvalue weighted by Gasteiger charge is -2.14. The van der Waals surface area contributed by atoms with Gasteiger partial charge in [-0.3, -0.25) is 9.59 Å². The summed E-state index contributed by atoms with van der Waals surface area (Å²) >= 11 is 0. The monoisotopic (exact) mass is 363 g/mol. The van der Waals surface area contributed by atoms with Gasteiger partial charge in [0.2, 0.25) is 5.91 Å². The van der Waals surface area contributed by atoms with Gasteiger partial charge >= 0.3 is 5.97 Å². The average Bonchev–Trinajstić information content (AvgIpc) is 2.57. The standard InChI is InChI=1S/C18H21NO5S/c1-2-25(23,24)12-17(20)19-11-16(18(21)22)10-13-7-8-14-5-3-4-6-15(14)9-13/h3-9,16H,2,10-12H2,1H3,(H,19,20)(H,21,22). The molecular formula is C18H21NO5S. The number of sulfone groups is 1. The van der Waals surface area contributed by atoms with Crippen LogP contribution >= 0.6 is 0 Å². The summed E-state index contributed by atoms with van der Waals surface area (Å²) in [7, 11) is -3.43. The van der Waals surface area contributed by atoms with Gasteiger partial charge in [0, 0.05) is 12.3 Å². The van der Waals surface area contributed by atoms with Crippen LogP contribution in [0.3, 0.4) is 0 Å². The van der Waals surface area contributed by atoms with E-state index in [1.165, 1.54) is 6.92 Å². The number of carboxylic acids is 1. The molecule has 0 aromatic heterocycles. The van der Waals surface area contributed by atoms with Crippen LogP contribution < -0.4 is 5.32 Å². The Bertz CT molecular complexity index is 876. The minimum absolute atomic E-state index is 0.111. The smallest absolute Gasteiger partial charge is 0.308 e. The fourth-order valence-electron chi connectivity index (χ4n) is 2.49. The number of amides is 1. The second kappa shape index (κ2) is 8.11. The molecule has 0 heterocycles. The van der Waals surface area contributed by atoms with Crippen molar-refractivity contribution in [1.82, 2.24) is 5.32 Å². The van der Waals surface area contributed by atoms with Crippen LogP contribution in [-0.2, 0) is 25.8 Å². The van der Waals surface area contributed by atoms with Crippen LogP contribution in [0.4, 0.5) is 0 Å². The minimum atomic E-state index is -3.43. The molecule has 6 nitrogen and oxygen atoms in total. The molecule has 0 aliphatic rings. The Labute approximate surface area is 146 Å². The Morgan fingerprint density at radius 1 is 1.12 bits per heavy atom. The maximum absolute atomic E-state index is 11.7. The topological polar surface area (TPSA) is 101 Å². The van der Waals surface area contributed by atoms with E-state index in [9.17, 15) is 23.1 Å². The third-order valence-corrected chi connectivity index (χ3v) is 5.56. The molecule has 0 aliphatic heterocycles. The summed E-state index contributed by atoms with van der Waals surface area (Å²) in [5.74, 6) is -3.28. The third-order valence-electron chi connectivity index (χ3n) is 3.98. The molecular weight excluding hydrogens is 342 g/mol. The van der Waals surface area contributed by atoms with Gasteiger partial charge in [-0.15, -0.1) is 0 Å². The van der Waals surface area contributed by atoms with E-state index in [1.807, 2.05) is 42.5 Å². The number of rotatable bonds is 8. The first-order chi connectivity index (χ1) is 11.8. The van der Waals surface area contributed by atoms with E-state index in [0.29, 0.717) is 0 Å². The number of carbonyl (C=O) groups excluding carboxylic acids is 1. The number of benzene rings is 2. The molecule has 2 N–H and O–H groups in total. The summed E-state index contributed by atoms with van der Waals surface area (Å²) in [5, 5.41) is 13.9. The van der Waals surface area contributed by atoms with Crippen LogP contribution in [0, 0.1) is 5.92 Å². The Kier molecular flexibility index (Phi) is 6.14. The predicted molar refractivity (Wildman–Crippen MR) is 96.1 cm³/mol. The number of carboxylic acid groups (broad SMARTS) is 1. The Hall–Kier alpha value is -2.41. The number of aliphatic carboxylic acids is 1. The van der Waals surface area contributed by atoms with Crippen LogP contribution in [0.2, 0.25) is 0 Å². The zero-order valence-electron chi connectivity index (χ0n) is 13.9. The second-order valence-electron chi connectivity index (χ2n) is 5.90. The van der Waals surface area contributed by atoms with Crippen LogP contribution in [0.1, 0.15) is 12.5 Å². The minimum Gasteiger partial charge on any atom is -0.481 e. The highest BCUT2D eigenvalue weighted by molar-refractivity contribution is 7.92. The van der Waals surface area contributed by atoms with Gasteiger partial charge in [-0.05, 0) is 22.8 Å². The van der Waals surface area contributed by atoms with Gasteiger partial charge in [-0.2, -0.15) is 0 Å². The van der Waals surface area contributed by atoms with Crippen molar-refractivity contribution < 1.29 is 23.1 Å². The normalized spacial score (nSPS) is 12.7. The van der Waals surface area contributed by atoms with Crippen molar-refractivity contribution in [1.29, 1.82) is 0 Å². The first-order valence-corrected chi connectivity index (χ1v) is 9.80. The number of nitrogens with one attached hydrogen (secondary N) is 1. The van der Waals surface area contributed by atoms with Gasteiger partial charge in [0.1, 0.15) is 5.75 Å². The SMILES string of the molecule is CCS(=O)(=O)CC(=O)NCC(Cc1ccc2ccccc2c1)C(=O)O. The van der Waals surface area contributed by atoms with Crippen molar-refractivity contribution in [2.75, 3.05) is 18.1 Å². The van der Waals surface area contributed by atoms with Crippen LogP contribution in [0.15, 0.2) is 42.5 Å². The highest BCUT2D eigenvalue weighted by Gasteiger charge is 2.21. The summed E-state index contributed by atoms with van der Waals surface area (Å²) in [5.41, 5.74) is 0.849. The van der Waals surface area contributed by atoms with Gasteiger partial charge in [0.05, 0.1) is 5.92 Å². The van der Waals surface area contributed by atoms with Crippen molar-refractivity contribution >= 4 is 32.5 Å². The molecule has 1 amide bonds. The van der Waals surface area contributed by atoms with Crippen LogP contribution in [-0.4, -0.2) is 43.5 Å². The molecule has 0 bridgehead atoms. The molecule has 0 aliphatic carbocycles. The molecule has 2 rings (SSSR count). The number of carbonyl (C=O) groups is 2. The third kappa shape index (κ3) is 5.56. The zero-order valence-corrected chi connectivity index (χ0v) is 14.8. The molecule has 1 unspecified atom stereocenters. The Balaban J connectivity index is 2.02. The Morgan fingerprint density at radius 3 is 2.44 bits per heavy atom. The predicted octanol–water partition coefficient (Wildman–Crippen LogP) is 1.63.